The van der Waals surface area contributed by atoms with Gasteiger partial charge in [-0.3, -0.25) is 4.79 Å². The van der Waals surface area contributed by atoms with E-state index in [0.717, 1.165) is 25.2 Å². The van der Waals surface area contributed by atoms with Crippen molar-refractivity contribution in [1.82, 2.24) is 10.2 Å². The summed E-state index contributed by atoms with van der Waals surface area (Å²) < 4.78 is 0. The van der Waals surface area contributed by atoms with Crippen LogP contribution < -0.4 is 5.32 Å². The number of piperidine rings is 1. The van der Waals surface area contributed by atoms with Crippen molar-refractivity contribution in [2.45, 2.75) is 25.8 Å². The molecule has 3 rings (SSSR count). The molecule has 0 aliphatic carbocycles. The molecule has 116 valence electrons. The molecule has 2 heterocycles. The van der Waals surface area contributed by atoms with Gasteiger partial charge in [-0.05, 0) is 49.9 Å². The molecular weight excluding hydrogens is 331 g/mol. The van der Waals surface area contributed by atoms with Crippen molar-refractivity contribution in [1.29, 1.82) is 0 Å². The van der Waals surface area contributed by atoms with E-state index in [1.54, 1.807) is 12.1 Å². The first-order valence-corrected chi connectivity index (χ1v) is 7.80. The van der Waals surface area contributed by atoms with Crippen molar-refractivity contribution >= 4 is 41.5 Å². The topological polar surface area (TPSA) is 32.3 Å². The number of benzene rings is 1. The molecule has 6 heteroatoms. The molecule has 3 nitrogen and oxygen atoms in total. The van der Waals surface area contributed by atoms with E-state index >= 15 is 0 Å². The molecule has 2 atom stereocenters. The number of carbonyl (C=O) groups excluding carboxylic acids is 1. The smallest absolute Gasteiger partial charge is 0.254 e. The molecule has 0 bridgehead atoms. The molecule has 2 fully saturated rings. The van der Waals surface area contributed by atoms with Crippen LogP contribution in [0.25, 0.3) is 0 Å². The van der Waals surface area contributed by atoms with Gasteiger partial charge in [0.05, 0.1) is 0 Å². The standard InChI is InChI=1S/C15H18Cl2N2O.ClH/c1-9-12(16)5-11(6-13(9)17)15(20)19-7-10-3-2-4-18-14(10)8-19;/h5-6,10,14,18H,2-4,7-8H2,1H3;1H/t10-,14+;/m0./s1. The molecule has 1 N–H and O–H groups in total. The number of amides is 1. The fourth-order valence-corrected chi connectivity index (χ4v) is 3.65. The van der Waals surface area contributed by atoms with Gasteiger partial charge in [0.25, 0.3) is 5.91 Å². The molecule has 0 aromatic heterocycles. The summed E-state index contributed by atoms with van der Waals surface area (Å²) in [7, 11) is 0. The summed E-state index contributed by atoms with van der Waals surface area (Å²) in [5.41, 5.74) is 1.41. The van der Waals surface area contributed by atoms with E-state index in [1.165, 1.54) is 12.8 Å². The van der Waals surface area contributed by atoms with Gasteiger partial charge in [-0.2, -0.15) is 0 Å². The van der Waals surface area contributed by atoms with E-state index < -0.39 is 0 Å². The minimum atomic E-state index is 0. The van der Waals surface area contributed by atoms with Crippen LogP contribution in [-0.2, 0) is 0 Å². The number of nitrogens with one attached hydrogen (secondary N) is 1. The third-order valence-corrected chi connectivity index (χ3v) is 5.20. The second-order valence-corrected chi connectivity index (χ2v) is 6.55. The second-order valence-electron chi connectivity index (χ2n) is 5.74. The number of fused-ring (bicyclic) bond motifs is 1. The van der Waals surface area contributed by atoms with Crippen molar-refractivity contribution < 1.29 is 4.79 Å². The van der Waals surface area contributed by atoms with Gasteiger partial charge >= 0.3 is 0 Å². The van der Waals surface area contributed by atoms with Gasteiger partial charge in [-0.25, -0.2) is 0 Å². The predicted octanol–water partition coefficient (Wildman–Crippen LogP) is 3.55. The maximum atomic E-state index is 12.6. The fourth-order valence-electron chi connectivity index (χ4n) is 3.16. The van der Waals surface area contributed by atoms with Crippen LogP contribution in [0.1, 0.15) is 28.8 Å². The van der Waals surface area contributed by atoms with Crippen LogP contribution in [0.4, 0.5) is 0 Å². The molecule has 0 unspecified atom stereocenters. The Morgan fingerprint density at radius 1 is 1.29 bits per heavy atom. The Kier molecular flexibility index (Phi) is 5.42. The number of rotatable bonds is 1. The Balaban J connectivity index is 0.00000161. The van der Waals surface area contributed by atoms with Crippen LogP contribution in [-0.4, -0.2) is 36.5 Å². The summed E-state index contributed by atoms with van der Waals surface area (Å²) in [5, 5.41) is 4.61. The minimum absolute atomic E-state index is 0. The first kappa shape index (κ1) is 16.9. The lowest BCUT2D eigenvalue weighted by molar-refractivity contribution is 0.0785. The molecule has 2 saturated heterocycles. The average Bonchev–Trinajstić information content (AvgIpc) is 2.87. The van der Waals surface area contributed by atoms with Crippen LogP contribution >= 0.6 is 35.6 Å². The lowest BCUT2D eigenvalue weighted by Gasteiger charge is -2.24. The SMILES string of the molecule is Cc1c(Cl)cc(C(=O)N2C[C@@H]3CCCN[C@@H]3C2)cc1Cl.Cl. The summed E-state index contributed by atoms with van der Waals surface area (Å²) in [6.07, 6.45) is 2.41. The number of carbonyl (C=O) groups is 1. The normalized spacial score (nSPS) is 24.4. The van der Waals surface area contributed by atoms with Crippen molar-refractivity contribution in [3.05, 3.63) is 33.3 Å². The Labute approximate surface area is 141 Å². The van der Waals surface area contributed by atoms with Gasteiger partial charge in [-0.1, -0.05) is 23.2 Å². The van der Waals surface area contributed by atoms with Crippen LogP contribution in [0, 0.1) is 12.8 Å². The molecule has 2 aliphatic rings. The van der Waals surface area contributed by atoms with E-state index in [-0.39, 0.29) is 18.3 Å². The second kappa shape index (κ2) is 6.74. The fraction of sp³-hybridized carbons (Fsp3) is 0.533. The monoisotopic (exact) mass is 348 g/mol. The number of likely N-dealkylation sites (tertiary alicyclic amines) is 1. The number of hydrogen-bond donors (Lipinski definition) is 1. The van der Waals surface area contributed by atoms with Gasteiger partial charge in [0.1, 0.15) is 0 Å². The Hall–Kier alpha value is -0.480. The molecular formula is C15H19Cl3N2O. The van der Waals surface area contributed by atoms with Crippen LogP contribution in [0.2, 0.25) is 10.0 Å². The van der Waals surface area contributed by atoms with Crippen LogP contribution in [0.3, 0.4) is 0 Å². The van der Waals surface area contributed by atoms with Crippen molar-refractivity contribution in [2.24, 2.45) is 5.92 Å². The van der Waals surface area contributed by atoms with Gasteiger partial charge < -0.3 is 10.2 Å². The van der Waals surface area contributed by atoms with Gasteiger partial charge in [0.2, 0.25) is 0 Å². The Bertz CT molecular complexity index is 513. The summed E-state index contributed by atoms with van der Waals surface area (Å²) >= 11 is 12.2. The highest BCUT2D eigenvalue weighted by Crippen LogP contribution is 2.29. The van der Waals surface area contributed by atoms with E-state index in [4.69, 9.17) is 23.2 Å². The first-order chi connectivity index (χ1) is 9.56. The summed E-state index contributed by atoms with van der Waals surface area (Å²) in [6, 6.07) is 3.89. The molecule has 21 heavy (non-hydrogen) atoms. The van der Waals surface area contributed by atoms with Gasteiger partial charge in [0.15, 0.2) is 0 Å². The zero-order valence-electron chi connectivity index (χ0n) is 11.9. The number of nitrogens with zero attached hydrogens (tertiary/aromatic N) is 1. The third-order valence-electron chi connectivity index (χ3n) is 4.41. The molecule has 2 aliphatic heterocycles. The quantitative estimate of drug-likeness (QED) is 0.841. The highest BCUT2D eigenvalue weighted by molar-refractivity contribution is 6.36. The van der Waals surface area contributed by atoms with Crippen LogP contribution in [0.5, 0.6) is 0 Å². The highest BCUT2D eigenvalue weighted by atomic mass is 35.5. The van der Waals surface area contributed by atoms with E-state index in [2.05, 4.69) is 5.32 Å². The zero-order valence-corrected chi connectivity index (χ0v) is 14.2. The molecule has 1 amide bonds. The predicted molar refractivity (Wildman–Crippen MR) is 88.9 cm³/mol. The lowest BCUT2D eigenvalue weighted by Crippen LogP contribution is -2.41. The van der Waals surface area contributed by atoms with E-state index in [1.807, 2.05) is 11.8 Å². The molecule has 0 radical (unpaired) electrons. The zero-order chi connectivity index (χ0) is 14.3. The van der Waals surface area contributed by atoms with Gasteiger partial charge in [0, 0.05) is 34.7 Å². The third kappa shape index (κ3) is 3.31. The first-order valence-electron chi connectivity index (χ1n) is 7.04. The lowest BCUT2D eigenvalue weighted by atomic mass is 9.94. The van der Waals surface area contributed by atoms with Gasteiger partial charge in [-0.15, -0.1) is 12.4 Å². The maximum absolute atomic E-state index is 12.6. The van der Waals surface area contributed by atoms with Crippen LogP contribution in [0.15, 0.2) is 12.1 Å². The van der Waals surface area contributed by atoms with Crippen molar-refractivity contribution in [3.63, 3.8) is 0 Å². The Morgan fingerprint density at radius 2 is 1.95 bits per heavy atom. The van der Waals surface area contributed by atoms with E-state index in [9.17, 15) is 4.79 Å². The van der Waals surface area contributed by atoms with Crippen molar-refractivity contribution in [3.8, 4) is 0 Å². The summed E-state index contributed by atoms with van der Waals surface area (Å²) in [4.78, 5) is 14.5. The minimum Gasteiger partial charge on any atom is -0.337 e. The molecule has 1 aromatic rings. The molecule has 0 saturated carbocycles. The molecule has 0 spiro atoms. The summed E-state index contributed by atoms with van der Waals surface area (Å²) in [6.45, 7) is 4.53. The average molecular weight is 350 g/mol. The number of halogens is 3. The largest absolute Gasteiger partial charge is 0.337 e. The highest BCUT2D eigenvalue weighted by Gasteiger charge is 2.36. The molecule has 1 aromatic carbocycles. The van der Waals surface area contributed by atoms with E-state index in [0.29, 0.717) is 27.6 Å². The maximum Gasteiger partial charge on any atom is 0.254 e. The Morgan fingerprint density at radius 3 is 2.57 bits per heavy atom. The summed E-state index contributed by atoms with van der Waals surface area (Å²) in [5.74, 6) is 0.620. The number of hydrogen-bond acceptors (Lipinski definition) is 2. The van der Waals surface area contributed by atoms with Crippen molar-refractivity contribution in [2.75, 3.05) is 19.6 Å².